The Balaban J connectivity index is 1.88. The van der Waals surface area contributed by atoms with E-state index in [4.69, 9.17) is 0 Å². The van der Waals surface area contributed by atoms with Crippen LogP contribution in [-0.4, -0.2) is 39.6 Å². The summed E-state index contributed by atoms with van der Waals surface area (Å²) in [5.41, 5.74) is -0.167. The molecule has 1 aliphatic heterocycles. The highest BCUT2D eigenvalue weighted by Crippen LogP contribution is 2.35. The minimum absolute atomic E-state index is 0.00146. The number of aromatic nitrogens is 1. The number of benzene rings is 1. The Morgan fingerprint density at radius 2 is 1.81 bits per heavy atom. The molecule has 2 aromatic rings. The van der Waals surface area contributed by atoms with E-state index < -0.39 is 29.6 Å². The number of nitrogens with zero attached hydrogens (tertiary/aromatic N) is 3. The van der Waals surface area contributed by atoms with Crippen molar-refractivity contribution in [2.45, 2.75) is 39.2 Å². The van der Waals surface area contributed by atoms with Crippen molar-refractivity contribution < 1.29 is 32.3 Å². The summed E-state index contributed by atoms with van der Waals surface area (Å²) in [6.07, 6.45) is -1.92. The van der Waals surface area contributed by atoms with Gasteiger partial charge in [-0.3, -0.25) is 14.6 Å². The van der Waals surface area contributed by atoms with Gasteiger partial charge in [-0.1, -0.05) is 0 Å². The molecule has 1 aromatic heterocycles. The van der Waals surface area contributed by atoms with E-state index in [1.807, 2.05) is 0 Å². The summed E-state index contributed by atoms with van der Waals surface area (Å²) in [5, 5.41) is 2.62. The fraction of sp³-hybridized carbons (Fsp3) is 0.300. The number of carbonyl (C=O) groups excluding carboxylic acids is 3. The van der Waals surface area contributed by atoms with Crippen molar-refractivity contribution >= 4 is 29.2 Å². The Hall–Kier alpha value is -3.63. The molecule has 1 N–H and O–H groups in total. The van der Waals surface area contributed by atoms with Crippen LogP contribution in [0.5, 0.6) is 5.75 Å². The average Bonchev–Trinajstić information content (AvgIpc) is 2.82. The number of carbonyl (C=O) groups is 3. The molecule has 8 nitrogen and oxygen atoms in total. The zero-order chi connectivity index (χ0) is 23.0. The number of imide groups is 1. The first-order valence-electron chi connectivity index (χ1n) is 9.12. The van der Waals surface area contributed by atoms with Gasteiger partial charge in [-0.25, -0.2) is 9.69 Å². The molecule has 1 aromatic carbocycles. The third-order valence-corrected chi connectivity index (χ3v) is 4.70. The van der Waals surface area contributed by atoms with Crippen molar-refractivity contribution in [2.24, 2.45) is 0 Å². The van der Waals surface area contributed by atoms with Crippen LogP contribution in [0.4, 0.5) is 29.3 Å². The number of rotatable bonds is 5. The molecule has 0 unspecified atom stereocenters. The maximum Gasteiger partial charge on any atom is 0.573 e. The lowest BCUT2D eigenvalue weighted by Gasteiger charge is -2.28. The Bertz CT molecular complexity index is 1020. The van der Waals surface area contributed by atoms with Gasteiger partial charge in [0.15, 0.2) is 0 Å². The molecule has 4 amide bonds. The molecule has 0 bridgehead atoms. The van der Waals surface area contributed by atoms with Gasteiger partial charge in [-0.05, 0) is 49.7 Å². The highest BCUT2D eigenvalue weighted by atomic mass is 19.4. The molecule has 1 saturated heterocycles. The zero-order valence-corrected chi connectivity index (χ0v) is 16.9. The van der Waals surface area contributed by atoms with Crippen molar-refractivity contribution in [3.8, 4) is 5.75 Å². The molecule has 0 spiro atoms. The molecule has 1 fully saturated rings. The highest BCUT2D eigenvalue weighted by Gasteiger charge is 2.51. The second-order valence-corrected chi connectivity index (χ2v) is 7.32. The van der Waals surface area contributed by atoms with Crippen molar-refractivity contribution in [3.05, 3.63) is 48.3 Å². The van der Waals surface area contributed by atoms with Crippen LogP contribution in [0.25, 0.3) is 0 Å². The normalized spacial score (nSPS) is 15.9. The second-order valence-electron chi connectivity index (χ2n) is 7.32. The predicted molar refractivity (Wildman–Crippen MR) is 104 cm³/mol. The maximum absolute atomic E-state index is 13.1. The Morgan fingerprint density at radius 3 is 2.39 bits per heavy atom. The van der Waals surface area contributed by atoms with E-state index >= 15 is 0 Å². The molecule has 0 aliphatic carbocycles. The number of pyridine rings is 1. The maximum atomic E-state index is 13.1. The number of hydrogen-bond acceptors (Lipinski definition) is 5. The van der Waals surface area contributed by atoms with Crippen LogP contribution < -0.4 is 15.0 Å². The number of ether oxygens (including phenoxy) is 1. The number of nitrogens with one attached hydrogen (secondary N) is 1. The molecule has 11 heteroatoms. The van der Waals surface area contributed by atoms with Crippen LogP contribution in [0.2, 0.25) is 0 Å². The SMILES string of the molecule is CC(=O)Nc1cnccc1CN1C(=O)N(c2ccc(OC(F)(F)F)cc2)C(=O)C1(C)C. The summed E-state index contributed by atoms with van der Waals surface area (Å²) >= 11 is 0. The lowest BCUT2D eigenvalue weighted by atomic mass is 10.0. The molecule has 1 aliphatic rings. The second kappa shape index (κ2) is 7.89. The minimum Gasteiger partial charge on any atom is -0.406 e. The van der Waals surface area contributed by atoms with E-state index in [9.17, 15) is 27.6 Å². The monoisotopic (exact) mass is 436 g/mol. The van der Waals surface area contributed by atoms with Crippen molar-refractivity contribution in [1.82, 2.24) is 9.88 Å². The zero-order valence-electron chi connectivity index (χ0n) is 16.9. The lowest BCUT2D eigenvalue weighted by Crippen LogP contribution is -2.43. The largest absolute Gasteiger partial charge is 0.573 e. The smallest absolute Gasteiger partial charge is 0.406 e. The summed E-state index contributed by atoms with van der Waals surface area (Å²) in [6.45, 7) is 4.46. The fourth-order valence-electron chi connectivity index (χ4n) is 3.16. The van der Waals surface area contributed by atoms with Crippen LogP contribution in [0, 0.1) is 0 Å². The number of hydrogen-bond donors (Lipinski definition) is 1. The van der Waals surface area contributed by atoms with Gasteiger partial charge in [0, 0.05) is 13.1 Å². The van der Waals surface area contributed by atoms with Crippen LogP contribution >= 0.6 is 0 Å². The number of anilines is 2. The summed E-state index contributed by atoms with van der Waals surface area (Å²) in [7, 11) is 0. The molecule has 3 rings (SSSR count). The number of urea groups is 1. The Kier molecular flexibility index (Phi) is 5.62. The minimum atomic E-state index is -4.85. The fourth-order valence-corrected chi connectivity index (χ4v) is 3.16. The van der Waals surface area contributed by atoms with Crippen LogP contribution in [0.1, 0.15) is 26.3 Å². The van der Waals surface area contributed by atoms with Gasteiger partial charge in [0.2, 0.25) is 5.91 Å². The third kappa shape index (κ3) is 4.60. The molecule has 0 atom stereocenters. The molecule has 31 heavy (non-hydrogen) atoms. The van der Waals surface area contributed by atoms with Crippen LogP contribution in [0.15, 0.2) is 42.7 Å². The van der Waals surface area contributed by atoms with E-state index in [0.717, 1.165) is 17.0 Å². The molecule has 0 radical (unpaired) electrons. The number of amides is 4. The van der Waals surface area contributed by atoms with Gasteiger partial charge in [-0.15, -0.1) is 13.2 Å². The molecule has 2 heterocycles. The van der Waals surface area contributed by atoms with E-state index in [2.05, 4.69) is 15.0 Å². The van der Waals surface area contributed by atoms with E-state index in [1.165, 1.54) is 36.4 Å². The quantitative estimate of drug-likeness (QED) is 0.722. The first-order valence-corrected chi connectivity index (χ1v) is 9.12. The first kappa shape index (κ1) is 22.1. The van der Waals surface area contributed by atoms with Gasteiger partial charge in [-0.2, -0.15) is 0 Å². The number of halogens is 3. The number of alkyl halides is 3. The van der Waals surface area contributed by atoms with Gasteiger partial charge in [0.1, 0.15) is 11.3 Å². The van der Waals surface area contributed by atoms with Crippen LogP contribution in [0.3, 0.4) is 0 Å². The summed E-state index contributed by atoms with van der Waals surface area (Å²) in [5.74, 6) is -1.33. The molecule has 0 saturated carbocycles. The van der Waals surface area contributed by atoms with E-state index in [-0.39, 0.29) is 18.1 Å². The van der Waals surface area contributed by atoms with Gasteiger partial charge in [0.05, 0.1) is 24.1 Å². The first-order chi connectivity index (χ1) is 14.4. The molecule has 164 valence electrons. The predicted octanol–water partition coefficient (Wildman–Crippen LogP) is 3.69. The van der Waals surface area contributed by atoms with Gasteiger partial charge in [0.25, 0.3) is 5.91 Å². The third-order valence-electron chi connectivity index (χ3n) is 4.70. The van der Waals surface area contributed by atoms with E-state index in [1.54, 1.807) is 19.9 Å². The van der Waals surface area contributed by atoms with Crippen molar-refractivity contribution in [2.75, 3.05) is 10.2 Å². The lowest BCUT2D eigenvalue weighted by molar-refractivity contribution is -0.274. The average molecular weight is 436 g/mol. The van der Waals surface area contributed by atoms with Crippen molar-refractivity contribution in [3.63, 3.8) is 0 Å². The van der Waals surface area contributed by atoms with Gasteiger partial charge >= 0.3 is 12.4 Å². The summed E-state index contributed by atoms with van der Waals surface area (Å²) in [4.78, 5) is 43.7. The summed E-state index contributed by atoms with van der Waals surface area (Å²) < 4.78 is 40.9. The summed E-state index contributed by atoms with van der Waals surface area (Å²) in [6, 6.07) is 5.42. The van der Waals surface area contributed by atoms with E-state index in [0.29, 0.717) is 11.3 Å². The topological polar surface area (TPSA) is 91.8 Å². The van der Waals surface area contributed by atoms with Crippen LogP contribution in [-0.2, 0) is 16.1 Å². The molecular formula is C20H19F3N4O4. The Labute approximate surface area is 175 Å². The highest BCUT2D eigenvalue weighted by molar-refractivity contribution is 6.23. The standard InChI is InChI=1S/C20H19F3N4O4/c1-12(28)25-16-10-24-9-8-13(16)11-26-18(30)27(17(29)19(26,2)3)14-4-6-15(7-5-14)31-20(21,22)23/h4-10H,11H2,1-3H3,(H,25,28). The van der Waals surface area contributed by atoms with Gasteiger partial charge < -0.3 is 15.0 Å². The Morgan fingerprint density at radius 1 is 1.16 bits per heavy atom. The van der Waals surface area contributed by atoms with Crippen molar-refractivity contribution in [1.29, 1.82) is 0 Å². The molecular weight excluding hydrogens is 417 g/mol.